The van der Waals surface area contributed by atoms with Crippen molar-refractivity contribution < 1.29 is 19.4 Å². The molecule has 0 aliphatic heterocycles. The number of rotatable bonds is 6. The lowest BCUT2D eigenvalue weighted by Gasteiger charge is -2.12. The molecule has 3 rings (SSSR count). The normalized spacial score (nSPS) is 10.3. The van der Waals surface area contributed by atoms with Gasteiger partial charge in [-0.3, -0.25) is 5.32 Å². The van der Waals surface area contributed by atoms with Crippen LogP contribution >= 0.6 is 0 Å². The smallest absolute Gasteiger partial charge is 0.354 e. The quantitative estimate of drug-likeness (QED) is 0.586. The van der Waals surface area contributed by atoms with Crippen LogP contribution < -0.4 is 15.4 Å². The van der Waals surface area contributed by atoms with Crippen molar-refractivity contribution in [2.45, 2.75) is 20.4 Å². The number of aromatic carboxylic acids is 1. The minimum absolute atomic E-state index is 0.0879. The molecule has 0 bridgehead atoms. The van der Waals surface area contributed by atoms with Crippen LogP contribution in [-0.4, -0.2) is 27.1 Å². The summed E-state index contributed by atoms with van der Waals surface area (Å²) >= 11 is 0. The second kappa shape index (κ2) is 8.83. The van der Waals surface area contributed by atoms with Crippen LogP contribution in [0.2, 0.25) is 0 Å². The van der Waals surface area contributed by atoms with Crippen molar-refractivity contribution >= 4 is 17.8 Å². The molecule has 0 radical (unpaired) electrons. The Morgan fingerprint density at radius 1 is 1.03 bits per heavy atom. The Morgan fingerprint density at radius 3 is 2.55 bits per heavy atom. The summed E-state index contributed by atoms with van der Waals surface area (Å²) in [5.74, 6) is 0.342. The number of aromatic nitrogens is 2. The molecule has 0 saturated heterocycles. The fourth-order valence-electron chi connectivity index (χ4n) is 2.60. The third-order valence-electron chi connectivity index (χ3n) is 4.03. The first kappa shape index (κ1) is 19.8. The van der Waals surface area contributed by atoms with Gasteiger partial charge in [0.05, 0.1) is 0 Å². The minimum Gasteiger partial charge on any atom is -0.477 e. The van der Waals surface area contributed by atoms with Crippen molar-refractivity contribution in [3.63, 3.8) is 0 Å². The molecule has 8 nitrogen and oxygen atoms in total. The number of amides is 2. The number of nitrogens with zero attached hydrogens (tertiary/aromatic N) is 2. The molecule has 0 unspecified atom stereocenters. The molecular formula is C21H20N4O4. The number of carbonyl (C=O) groups is 2. The van der Waals surface area contributed by atoms with Gasteiger partial charge in [0.15, 0.2) is 5.69 Å². The Morgan fingerprint density at radius 2 is 1.83 bits per heavy atom. The molecule has 3 N–H and O–H groups in total. The summed E-state index contributed by atoms with van der Waals surface area (Å²) in [6.45, 7) is 4.12. The standard InChI is InChI=1S/C21H20N4O4/c1-13-5-7-23-19(9-13)25-21(28)24-12-15-3-4-18(14(2)10-15)29-16-6-8-22-17(11-16)20(26)27/h3-11H,12H2,1-2H3,(H,26,27)(H2,23,24,25,28). The summed E-state index contributed by atoms with van der Waals surface area (Å²) in [6, 6.07) is 11.7. The monoisotopic (exact) mass is 392 g/mol. The van der Waals surface area contributed by atoms with E-state index in [4.69, 9.17) is 9.84 Å². The molecule has 29 heavy (non-hydrogen) atoms. The first-order valence-electron chi connectivity index (χ1n) is 8.85. The Bertz CT molecular complexity index is 1050. The average molecular weight is 392 g/mol. The zero-order valence-electron chi connectivity index (χ0n) is 16.0. The van der Waals surface area contributed by atoms with Gasteiger partial charge in [-0.15, -0.1) is 0 Å². The second-order valence-electron chi connectivity index (χ2n) is 6.41. The van der Waals surface area contributed by atoms with Crippen LogP contribution in [0, 0.1) is 13.8 Å². The van der Waals surface area contributed by atoms with Gasteiger partial charge in [-0.1, -0.05) is 12.1 Å². The van der Waals surface area contributed by atoms with Crippen molar-refractivity contribution in [3.05, 3.63) is 77.2 Å². The molecule has 1 aromatic carbocycles. The molecule has 8 heteroatoms. The lowest BCUT2D eigenvalue weighted by molar-refractivity contribution is 0.0690. The molecule has 0 aliphatic rings. The topological polar surface area (TPSA) is 113 Å². The zero-order valence-corrected chi connectivity index (χ0v) is 16.0. The average Bonchev–Trinajstić information content (AvgIpc) is 2.68. The first-order valence-corrected chi connectivity index (χ1v) is 8.85. The van der Waals surface area contributed by atoms with Crippen molar-refractivity contribution in [2.75, 3.05) is 5.32 Å². The Balaban J connectivity index is 1.60. The van der Waals surface area contributed by atoms with Crippen molar-refractivity contribution in [1.29, 1.82) is 0 Å². The van der Waals surface area contributed by atoms with E-state index < -0.39 is 5.97 Å². The Hall–Kier alpha value is -3.94. The number of ether oxygens (including phenoxy) is 1. The van der Waals surface area contributed by atoms with Gasteiger partial charge in [-0.2, -0.15) is 0 Å². The third-order valence-corrected chi connectivity index (χ3v) is 4.03. The van der Waals surface area contributed by atoms with Crippen molar-refractivity contribution in [2.24, 2.45) is 0 Å². The molecule has 2 aromatic heterocycles. The van der Waals surface area contributed by atoms with E-state index in [1.165, 1.54) is 12.3 Å². The van der Waals surface area contributed by atoms with Gasteiger partial charge in [0.1, 0.15) is 17.3 Å². The van der Waals surface area contributed by atoms with Crippen LogP contribution in [0.15, 0.2) is 54.9 Å². The lowest BCUT2D eigenvalue weighted by Crippen LogP contribution is -2.28. The summed E-state index contributed by atoms with van der Waals surface area (Å²) in [4.78, 5) is 30.9. The van der Waals surface area contributed by atoms with E-state index >= 15 is 0 Å². The van der Waals surface area contributed by atoms with Gasteiger partial charge in [0.2, 0.25) is 0 Å². The molecule has 0 atom stereocenters. The molecule has 148 valence electrons. The fourth-order valence-corrected chi connectivity index (χ4v) is 2.60. The van der Waals surface area contributed by atoms with E-state index in [2.05, 4.69) is 20.6 Å². The fraction of sp³-hybridized carbons (Fsp3) is 0.143. The Labute approximate surface area is 167 Å². The van der Waals surface area contributed by atoms with E-state index in [1.54, 1.807) is 24.4 Å². The minimum atomic E-state index is -1.12. The van der Waals surface area contributed by atoms with Gasteiger partial charge in [0, 0.05) is 25.0 Å². The van der Waals surface area contributed by atoms with E-state index in [-0.39, 0.29) is 11.7 Å². The highest BCUT2D eigenvalue weighted by molar-refractivity contribution is 5.88. The van der Waals surface area contributed by atoms with Gasteiger partial charge < -0.3 is 15.2 Å². The summed E-state index contributed by atoms with van der Waals surface area (Å²) in [6.07, 6.45) is 3.02. The molecule has 0 saturated carbocycles. The SMILES string of the molecule is Cc1ccnc(NC(=O)NCc2ccc(Oc3ccnc(C(=O)O)c3)c(C)c2)c1. The number of pyridine rings is 2. The van der Waals surface area contributed by atoms with Crippen molar-refractivity contribution in [1.82, 2.24) is 15.3 Å². The summed E-state index contributed by atoms with van der Waals surface area (Å²) in [5, 5.41) is 14.5. The maximum absolute atomic E-state index is 12.0. The molecule has 0 fully saturated rings. The van der Waals surface area contributed by atoms with Crippen LogP contribution in [0.4, 0.5) is 10.6 Å². The van der Waals surface area contributed by atoms with Gasteiger partial charge >= 0.3 is 12.0 Å². The summed E-state index contributed by atoms with van der Waals surface area (Å²) < 4.78 is 5.76. The maximum atomic E-state index is 12.0. The molecular weight excluding hydrogens is 372 g/mol. The van der Waals surface area contributed by atoms with Gasteiger partial charge in [-0.25, -0.2) is 19.6 Å². The number of carbonyl (C=O) groups excluding carboxylic acids is 1. The van der Waals surface area contributed by atoms with Crippen LogP contribution in [0.1, 0.15) is 27.2 Å². The molecule has 3 aromatic rings. The van der Waals surface area contributed by atoms with E-state index in [9.17, 15) is 9.59 Å². The Kier molecular flexibility index (Phi) is 6.03. The predicted octanol–water partition coefficient (Wildman–Crippen LogP) is 3.91. The highest BCUT2D eigenvalue weighted by Gasteiger charge is 2.09. The number of aryl methyl sites for hydroxylation is 2. The van der Waals surface area contributed by atoms with E-state index in [1.807, 2.05) is 32.0 Å². The second-order valence-corrected chi connectivity index (χ2v) is 6.41. The summed E-state index contributed by atoms with van der Waals surface area (Å²) in [5.41, 5.74) is 2.66. The molecule has 2 heterocycles. The van der Waals surface area contributed by atoms with E-state index in [0.29, 0.717) is 23.9 Å². The zero-order chi connectivity index (χ0) is 20.8. The van der Waals surface area contributed by atoms with Crippen LogP contribution in [0.3, 0.4) is 0 Å². The number of nitrogens with one attached hydrogen (secondary N) is 2. The molecule has 0 spiro atoms. The first-order chi connectivity index (χ1) is 13.9. The van der Waals surface area contributed by atoms with Crippen LogP contribution in [-0.2, 0) is 6.54 Å². The number of carboxylic acids is 1. The lowest BCUT2D eigenvalue weighted by atomic mass is 10.1. The third kappa shape index (κ3) is 5.52. The van der Waals surface area contributed by atoms with Crippen LogP contribution in [0.25, 0.3) is 0 Å². The highest BCUT2D eigenvalue weighted by atomic mass is 16.5. The van der Waals surface area contributed by atoms with Crippen molar-refractivity contribution in [3.8, 4) is 11.5 Å². The van der Waals surface area contributed by atoms with Gasteiger partial charge in [0.25, 0.3) is 0 Å². The van der Waals surface area contributed by atoms with Crippen LogP contribution in [0.5, 0.6) is 11.5 Å². The summed E-state index contributed by atoms with van der Waals surface area (Å²) in [7, 11) is 0. The molecule has 2 amide bonds. The molecule has 0 aliphatic carbocycles. The largest absolute Gasteiger partial charge is 0.477 e. The number of anilines is 1. The highest BCUT2D eigenvalue weighted by Crippen LogP contribution is 2.26. The number of urea groups is 1. The van der Waals surface area contributed by atoms with Gasteiger partial charge in [-0.05, 0) is 54.8 Å². The number of hydrogen-bond acceptors (Lipinski definition) is 5. The van der Waals surface area contributed by atoms with E-state index in [0.717, 1.165) is 16.7 Å². The maximum Gasteiger partial charge on any atom is 0.354 e. The number of hydrogen-bond donors (Lipinski definition) is 3. The number of benzene rings is 1. The predicted molar refractivity (Wildman–Crippen MR) is 107 cm³/mol. The number of carboxylic acid groups (broad SMARTS) is 1.